The van der Waals surface area contributed by atoms with E-state index in [0.717, 1.165) is 0 Å². The summed E-state index contributed by atoms with van der Waals surface area (Å²) < 4.78 is 13.5. The molecule has 2 N–H and O–H groups in total. The maximum atomic E-state index is 13.5. The lowest BCUT2D eigenvalue weighted by molar-refractivity contribution is -0.121. The number of benzene rings is 1. The normalized spacial score (nSPS) is 14.2. The standard InChI is InChI=1S/C15H23FN2O/c1-10(2)11(3)18-15(19)9-17-12(4)13-7-5-6-8-14(13)16/h5-8,10-12,17H,9H2,1-4H3,(H,18,19)/t11?,12-/m1/s1. The van der Waals surface area contributed by atoms with Gasteiger partial charge < -0.3 is 10.6 Å². The van der Waals surface area contributed by atoms with Crippen molar-refractivity contribution in [3.63, 3.8) is 0 Å². The monoisotopic (exact) mass is 266 g/mol. The highest BCUT2D eigenvalue weighted by Crippen LogP contribution is 2.15. The number of carbonyl (C=O) groups excluding carboxylic acids is 1. The van der Waals surface area contributed by atoms with Gasteiger partial charge in [-0.3, -0.25) is 4.79 Å². The second-order valence-corrected chi connectivity index (χ2v) is 5.22. The second-order valence-electron chi connectivity index (χ2n) is 5.22. The minimum Gasteiger partial charge on any atom is -0.352 e. The number of nitrogens with one attached hydrogen (secondary N) is 2. The van der Waals surface area contributed by atoms with E-state index in [9.17, 15) is 9.18 Å². The first-order valence-electron chi connectivity index (χ1n) is 6.69. The van der Waals surface area contributed by atoms with Crippen molar-refractivity contribution in [1.82, 2.24) is 10.6 Å². The molecule has 1 aromatic rings. The first-order valence-corrected chi connectivity index (χ1v) is 6.69. The highest BCUT2D eigenvalue weighted by Gasteiger charge is 2.13. The summed E-state index contributed by atoms with van der Waals surface area (Å²) in [4.78, 5) is 11.7. The van der Waals surface area contributed by atoms with E-state index in [-0.39, 0.29) is 30.4 Å². The van der Waals surface area contributed by atoms with Gasteiger partial charge in [0.1, 0.15) is 5.82 Å². The van der Waals surface area contributed by atoms with E-state index in [1.807, 2.05) is 13.8 Å². The van der Waals surface area contributed by atoms with Crippen molar-refractivity contribution >= 4 is 5.91 Å². The lowest BCUT2D eigenvalue weighted by Gasteiger charge is -2.19. The number of carbonyl (C=O) groups is 1. The molecule has 1 amide bonds. The average molecular weight is 266 g/mol. The molecule has 0 aliphatic rings. The number of hydrogen-bond donors (Lipinski definition) is 2. The maximum Gasteiger partial charge on any atom is 0.234 e. The molecule has 0 aromatic heterocycles. The van der Waals surface area contributed by atoms with E-state index in [2.05, 4.69) is 24.5 Å². The molecule has 0 saturated carbocycles. The van der Waals surface area contributed by atoms with Gasteiger partial charge in [0, 0.05) is 17.6 Å². The van der Waals surface area contributed by atoms with E-state index < -0.39 is 0 Å². The summed E-state index contributed by atoms with van der Waals surface area (Å²) in [5.41, 5.74) is 0.576. The second kappa shape index (κ2) is 7.24. The van der Waals surface area contributed by atoms with Gasteiger partial charge >= 0.3 is 0 Å². The van der Waals surface area contributed by atoms with Crippen molar-refractivity contribution in [3.8, 4) is 0 Å². The van der Waals surface area contributed by atoms with E-state index >= 15 is 0 Å². The molecule has 1 rings (SSSR count). The fraction of sp³-hybridized carbons (Fsp3) is 0.533. The maximum absolute atomic E-state index is 13.5. The Kier molecular flexibility index (Phi) is 5.96. The third-order valence-electron chi connectivity index (χ3n) is 3.33. The molecule has 0 aliphatic carbocycles. The molecule has 0 heterocycles. The molecule has 19 heavy (non-hydrogen) atoms. The first-order chi connectivity index (χ1) is 8.91. The SMILES string of the molecule is CC(C)C(C)NC(=O)CN[C@H](C)c1ccccc1F. The summed E-state index contributed by atoms with van der Waals surface area (Å²) in [5.74, 6) is 0.0794. The predicted octanol–water partition coefficient (Wildman–Crippen LogP) is 2.64. The number of amides is 1. The largest absolute Gasteiger partial charge is 0.352 e. The van der Waals surface area contributed by atoms with Crippen molar-refractivity contribution in [2.45, 2.75) is 39.8 Å². The van der Waals surface area contributed by atoms with Crippen LogP contribution in [0.5, 0.6) is 0 Å². The van der Waals surface area contributed by atoms with Crippen LogP contribution < -0.4 is 10.6 Å². The van der Waals surface area contributed by atoms with E-state index in [1.54, 1.807) is 18.2 Å². The van der Waals surface area contributed by atoms with Crippen LogP contribution in [-0.4, -0.2) is 18.5 Å². The first kappa shape index (κ1) is 15.6. The zero-order valence-electron chi connectivity index (χ0n) is 12.0. The Balaban J connectivity index is 2.44. The topological polar surface area (TPSA) is 41.1 Å². The quantitative estimate of drug-likeness (QED) is 0.831. The van der Waals surface area contributed by atoms with Gasteiger partial charge in [0.15, 0.2) is 0 Å². The molecular formula is C15H23FN2O. The molecule has 0 fully saturated rings. The highest BCUT2D eigenvalue weighted by molar-refractivity contribution is 5.78. The molecule has 1 aromatic carbocycles. The Bertz CT molecular complexity index is 420. The minimum atomic E-state index is -0.251. The van der Waals surface area contributed by atoms with Crippen LogP contribution in [0.2, 0.25) is 0 Å². The van der Waals surface area contributed by atoms with Gasteiger partial charge in [-0.05, 0) is 25.8 Å². The van der Waals surface area contributed by atoms with Crippen LogP contribution in [0.3, 0.4) is 0 Å². The fourth-order valence-corrected chi connectivity index (χ4v) is 1.65. The predicted molar refractivity (Wildman–Crippen MR) is 75.3 cm³/mol. The number of hydrogen-bond acceptors (Lipinski definition) is 2. The van der Waals surface area contributed by atoms with Crippen molar-refractivity contribution in [2.24, 2.45) is 5.92 Å². The van der Waals surface area contributed by atoms with Gasteiger partial charge in [0.05, 0.1) is 6.54 Å². The number of rotatable bonds is 6. The molecule has 2 atom stereocenters. The van der Waals surface area contributed by atoms with Crippen LogP contribution >= 0.6 is 0 Å². The zero-order chi connectivity index (χ0) is 14.4. The molecule has 1 unspecified atom stereocenters. The van der Waals surface area contributed by atoms with E-state index in [1.165, 1.54) is 6.07 Å². The van der Waals surface area contributed by atoms with Gasteiger partial charge in [-0.25, -0.2) is 4.39 Å². The third-order valence-corrected chi connectivity index (χ3v) is 3.33. The molecule has 0 bridgehead atoms. The van der Waals surface area contributed by atoms with Gasteiger partial charge in [-0.1, -0.05) is 32.0 Å². The molecule has 0 aliphatic heterocycles. The fourth-order valence-electron chi connectivity index (χ4n) is 1.65. The minimum absolute atomic E-state index is 0.0654. The molecule has 3 nitrogen and oxygen atoms in total. The Hall–Kier alpha value is -1.42. The van der Waals surface area contributed by atoms with Crippen LogP contribution in [-0.2, 0) is 4.79 Å². The summed E-state index contributed by atoms with van der Waals surface area (Å²) >= 11 is 0. The summed E-state index contributed by atoms with van der Waals surface area (Å²) in [6.45, 7) is 8.12. The zero-order valence-corrected chi connectivity index (χ0v) is 12.0. The number of halogens is 1. The van der Waals surface area contributed by atoms with Crippen molar-refractivity contribution in [3.05, 3.63) is 35.6 Å². The summed E-state index contributed by atoms with van der Waals surface area (Å²) in [6, 6.07) is 6.54. The summed E-state index contributed by atoms with van der Waals surface area (Å²) in [7, 11) is 0. The van der Waals surface area contributed by atoms with Crippen LogP contribution in [0.25, 0.3) is 0 Å². The van der Waals surface area contributed by atoms with Gasteiger partial charge in [-0.2, -0.15) is 0 Å². The van der Waals surface area contributed by atoms with Crippen LogP contribution in [0.4, 0.5) is 4.39 Å². The Morgan fingerprint density at radius 3 is 2.42 bits per heavy atom. The smallest absolute Gasteiger partial charge is 0.234 e. The Morgan fingerprint density at radius 2 is 1.84 bits per heavy atom. The van der Waals surface area contributed by atoms with E-state index in [4.69, 9.17) is 0 Å². The highest BCUT2D eigenvalue weighted by atomic mass is 19.1. The lowest BCUT2D eigenvalue weighted by atomic mass is 10.1. The molecule has 0 spiro atoms. The Morgan fingerprint density at radius 1 is 1.21 bits per heavy atom. The molecule has 106 valence electrons. The van der Waals surface area contributed by atoms with Crippen molar-refractivity contribution in [1.29, 1.82) is 0 Å². The summed E-state index contributed by atoms with van der Waals surface area (Å²) in [5, 5.41) is 5.94. The summed E-state index contributed by atoms with van der Waals surface area (Å²) in [6.07, 6.45) is 0. The molecule has 0 saturated heterocycles. The molecule has 4 heteroatoms. The Labute approximate surface area is 114 Å². The van der Waals surface area contributed by atoms with E-state index in [0.29, 0.717) is 11.5 Å². The van der Waals surface area contributed by atoms with Crippen molar-refractivity contribution < 1.29 is 9.18 Å². The molecular weight excluding hydrogens is 243 g/mol. The van der Waals surface area contributed by atoms with Crippen molar-refractivity contribution in [2.75, 3.05) is 6.54 Å². The average Bonchev–Trinajstić information content (AvgIpc) is 2.36. The van der Waals surface area contributed by atoms with Gasteiger partial charge in [0.25, 0.3) is 0 Å². The van der Waals surface area contributed by atoms with Gasteiger partial charge in [-0.15, -0.1) is 0 Å². The molecule has 0 radical (unpaired) electrons. The lowest BCUT2D eigenvalue weighted by Crippen LogP contribution is -2.41. The third kappa shape index (κ3) is 4.99. The van der Waals surface area contributed by atoms with Gasteiger partial charge in [0.2, 0.25) is 5.91 Å². The van der Waals surface area contributed by atoms with Crippen LogP contribution in [0.1, 0.15) is 39.3 Å². The van der Waals surface area contributed by atoms with Crippen LogP contribution in [0.15, 0.2) is 24.3 Å². The van der Waals surface area contributed by atoms with Crippen LogP contribution in [0, 0.1) is 11.7 Å².